The van der Waals surface area contributed by atoms with Crippen LogP contribution in [0.15, 0.2) is 48.8 Å². The summed E-state index contributed by atoms with van der Waals surface area (Å²) in [4.78, 5) is 22.4. The van der Waals surface area contributed by atoms with Gasteiger partial charge in [-0.15, -0.1) is 0 Å². The van der Waals surface area contributed by atoms with E-state index in [0.29, 0.717) is 12.8 Å². The molecular weight excluding hydrogens is 641 g/mol. The highest BCUT2D eigenvalue weighted by atomic mass is 31.2. The monoisotopic (exact) mass is 713 g/mol. The van der Waals surface area contributed by atoms with E-state index in [-0.39, 0.29) is 32.8 Å². The number of hydrogen-bond acceptors (Lipinski definition) is 8. The van der Waals surface area contributed by atoms with Gasteiger partial charge in [0.15, 0.2) is 6.10 Å². The molecule has 0 spiro atoms. The van der Waals surface area contributed by atoms with Crippen LogP contribution in [0.2, 0.25) is 0 Å². The minimum atomic E-state index is -4.31. The van der Waals surface area contributed by atoms with Gasteiger partial charge in [-0.1, -0.05) is 147 Å². The van der Waals surface area contributed by atoms with Crippen LogP contribution in [0.3, 0.4) is 0 Å². The number of carbonyl (C=O) groups excluding carboxylic acids is 1. The zero-order valence-corrected chi connectivity index (χ0v) is 31.9. The molecule has 2 unspecified atom stereocenters. The fraction of sp³-hybridized carbons (Fsp3) is 0.769. The van der Waals surface area contributed by atoms with Gasteiger partial charge in [0.1, 0.15) is 6.61 Å². The Bertz CT molecular complexity index is 907. The summed E-state index contributed by atoms with van der Waals surface area (Å²) in [6.45, 7) is 3.98. The van der Waals surface area contributed by atoms with E-state index in [1.165, 1.54) is 70.6 Å². The zero-order chi connectivity index (χ0) is 36.1. The Labute approximate surface area is 299 Å². The Morgan fingerprint density at radius 2 is 1.39 bits per heavy atom. The van der Waals surface area contributed by atoms with E-state index in [4.69, 9.17) is 24.3 Å². The molecule has 0 aromatic carbocycles. The molecule has 10 heteroatoms. The van der Waals surface area contributed by atoms with Gasteiger partial charge in [-0.3, -0.25) is 13.8 Å². The van der Waals surface area contributed by atoms with Crippen molar-refractivity contribution < 1.29 is 37.9 Å². The summed E-state index contributed by atoms with van der Waals surface area (Å²) in [5.74, 6) is -0.410. The summed E-state index contributed by atoms with van der Waals surface area (Å²) in [5.41, 5.74) is 5.34. The third-order valence-electron chi connectivity index (χ3n) is 7.93. The molecule has 0 aliphatic rings. The van der Waals surface area contributed by atoms with Gasteiger partial charge in [-0.05, 0) is 44.6 Å². The molecule has 9 nitrogen and oxygen atoms in total. The van der Waals surface area contributed by atoms with E-state index < -0.39 is 26.0 Å². The Hall–Kier alpha value is -1.74. The number of hydrogen-bond donors (Lipinski definition) is 3. The van der Waals surface area contributed by atoms with E-state index in [9.17, 15) is 19.4 Å². The van der Waals surface area contributed by atoms with Crippen LogP contribution in [0.1, 0.15) is 155 Å². The van der Waals surface area contributed by atoms with Crippen LogP contribution in [-0.2, 0) is 27.9 Å². The van der Waals surface area contributed by atoms with E-state index in [0.717, 1.165) is 51.4 Å². The first kappa shape index (κ1) is 47.3. The second-order valence-corrected chi connectivity index (χ2v) is 14.1. The fourth-order valence-electron chi connectivity index (χ4n) is 5.09. The van der Waals surface area contributed by atoms with Crippen LogP contribution in [0.25, 0.3) is 0 Å². The second kappa shape index (κ2) is 36.1. The minimum Gasteiger partial charge on any atom is -0.498 e. The summed E-state index contributed by atoms with van der Waals surface area (Å²) in [6, 6.07) is 0. The quantitative estimate of drug-likeness (QED) is 0.0145. The van der Waals surface area contributed by atoms with Gasteiger partial charge in [0.25, 0.3) is 0 Å². The van der Waals surface area contributed by atoms with Crippen LogP contribution in [0, 0.1) is 0 Å². The average molecular weight is 714 g/mol. The third-order valence-corrected chi connectivity index (χ3v) is 8.91. The van der Waals surface area contributed by atoms with Crippen molar-refractivity contribution in [1.82, 2.24) is 0 Å². The predicted molar refractivity (Wildman–Crippen MR) is 202 cm³/mol. The van der Waals surface area contributed by atoms with Crippen molar-refractivity contribution in [2.75, 3.05) is 26.4 Å². The Morgan fingerprint density at radius 1 is 0.755 bits per heavy atom. The smallest absolute Gasteiger partial charge is 0.472 e. The molecule has 0 heterocycles. The van der Waals surface area contributed by atoms with Crippen LogP contribution in [0.4, 0.5) is 0 Å². The summed E-state index contributed by atoms with van der Waals surface area (Å²) >= 11 is 0. The molecule has 0 aliphatic carbocycles. The number of ether oxygens (including phenoxy) is 2. The molecule has 0 saturated carbocycles. The van der Waals surface area contributed by atoms with E-state index in [1.54, 1.807) is 6.26 Å². The number of aliphatic hydroxyl groups is 1. The second-order valence-electron chi connectivity index (χ2n) is 12.7. The number of phosphoric acid groups is 1. The normalized spacial score (nSPS) is 14.7. The number of unbranched alkanes of at least 4 members (excludes halogenated alkanes) is 16. The minimum absolute atomic E-state index is 0.0000425. The summed E-state index contributed by atoms with van der Waals surface area (Å²) in [7, 11) is -4.31. The van der Waals surface area contributed by atoms with E-state index in [1.807, 2.05) is 24.3 Å². The van der Waals surface area contributed by atoms with Crippen molar-refractivity contribution in [2.45, 2.75) is 167 Å². The van der Waals surface area contributed by atoms with Crippen LogP contribution < -0.4 is 5.73 Å². The summed E-state index contributed by atoms with van der Waals surface area (Å²) in [5, 5.41) is 10.1. The number of rotatable bonds is 36. The lowest BCUT2D eigenvalue weighted by Gasteiger charge is -2.19. The maximum absolute atomic E-state index is 12.5. The zero-order valence-electron chi connectivity index (χ0n) is 31.0. The molecule has 0 rings (SSSR count). The van der Waals surface area contributed by atoms with E-state index in [2.05, 4.69) is 32.1 Å². The first-order valence-electron chi connectivity index (χ1n) is 19.3. The third kappa shape index (κ3) is 35.9. The van der Waals surface area contributed by atoms with Crippen molar-refractivity contribution in [3.05, 3.63) is 48.8 Å². The molecule has 0 radical (unpaired) electrons. The first-order valence-corrected chi connectivity index (χ1v) is 20.8. The molecule has 0 fully saturated rings. The van der Waals surface area contributed by atoms with Crippen molar-refractivity contribution >= 4 is 13.8 Å². The maximum atomic E-state index is 12.5. The topological polar surface area (TPSA) is 138 Å². The molecule has 0 aromatic rings. The molecule has 0 aliphatic heterocycles. The first-order chi connectivity index (χ1) is 23.8. The molecule has 4 N–H and O–H groups in total. The lowest BCUT2D eigenvalue weighted by atomic mass is 10.0. The molecular formula is C39H72NO8P. The standard InChI is InChI=1S/C39H72NO8P/c1-3-5-7-9-11-12-13-14-15-16-17-19-24-28-33-45-35-38(36-47-49(43,44)46-34-32-40)48-39(42)31-27-23-20-22-26-30-37(41)29-25-21-18-10-8-6-4-2/h6,8,18,21,25,28-29,33,37-38,41H,3-5,7,9-17,19-20,22-24,26-27,30-32,34-36,40H2,1-2H3,(H,43,44)/b8-6+,21-18+,29-25+,33-28+/t37?,38-/m1/s1. The highest BCUT2D eigenvalue weighted by molar-refractivity contribution is 7.47. The highest BCUT2D eigenvalue weighted by Gasteiger charge is 2.25. The number of aliphatic hydroxyl groups excluding tert-OH is 1. The van der Waals surface area contributed by atoms with E-state index >= 15 is 0 Å². The Balaban J connectivity index is 4.25. The average Bonchev–Trinajstić information content (AvgIpc) is 3.08. The summed E-state index contributed by atoms with van der Waals surface area (Å²) in [6.07, 6.45) is 38.1. The number of carbonyl (C=O) groups is 1. The summed E-state index contributed by atoms with van der Waals surface area (Å²) < 4.78 is 33.0. The van der Waals surface area contributed by atoms with Gasteiger partial charge >= 0.3 is 13.8 Å². The number of allylic oxidation sites excluding steroid dienone is 6. The molecule has 0 saturated heterocycles. The number of phosphoric ester groups is 1. The van der Waals surface area contributed by atoms with Gasteiger partial charge in [-0.2, -0.15) is 0 Å². The van der Waals surface area contributed by atoms with Crippen LogP contribution in [-0.4, -0.2) is 54.5 Å². The molecule has 3 atom stereocenters. The Morgan fingerprint density at radius 3 is 2.04 bits per heavy atom. The molecule has 0 bridgehead atoms. The van der Waals surface area contributed by atoms with Gasteiger partial charge in [0.05, 0.1) is 25.6 Å². The molecule has 0 aromatic heterocycles. The molecule has 49 heavy (non-hydrogen) atoms. The van der Waals surface area contributed by atoms with Crippen molar-refractivity contribution in [3.63, 3.8) is 0 Å². The lowest BCUT2D eigenvalue weighted by molar-refractivity contribution is -0.153. The SMILES string of the molecule is CC/C=C/C/C=C/C=C/C(O)CCCCCCCC(=O)O[C@H](CO/C=C/CCCCCCCCCCCCCC)COP(=O)(O)OCCN. The fourth-order valence-corrected chi connectivity index (χ4v) is 5.85. The largest absolute Gasteiger partial charge is 0.498 e. The van der Waals surface area contributed by atoms with Gasteiger partial charge in [-0.25, -0.2) is 4.57 Å². The number of esters is 1. The molecule has 286 valence electrons. The number of nitrogens with two attached hydrogens (primary N) is 1. The van der Waals surface area contributed by atoms with Crippen molar-refractivity contribution in [2.24, 2.45) is 5.73 Å². The van der Waals surface area contributed by atoms with Gasteiger partial charge in [0.2, 0.25) is 0 Å². The van der Waals surface area contributed by atoms with Gasteiger partial charge in [0, 0.05) is 13.0 Å². The maximum Gasteiger partial charge on any atom is 0.472 e. The Kier molecular flexibility index (Phi) is 34.8. The lowest BCUT2D eigenvalue weighted by Crippen LogP contribution is -2.27. The molecule has 0 amide bonds. The van der Waals surface area contributed by atoms with Crippen LogP contribution >= 0.6 is 7.82 Å². The predicted octanol–water partition coefficient (Wildman–Crippen LogP) is 10.2. The van der Waals surface area contributed by atoms with Crippen molar-refractivity contribution in [3.8, 4) is 0 Å². The van der Waals surface area contributed by atoms with Gasteiger partial charge < -0.3 is 25.2 Å². The van der Waals surface area contributed by atoms with Crippen molar-refractivity contribution in [1.29, 1.82) is 0 Å². The highest BCUT2D eigenvalue weighted by Crippen LogP contribution is 2.43. The van der Waals surface area contributed by atoms with Crippen LogP contribution in [0.5, 0.6) is 0 Å².